The van der Waals surface area contributed by atoms with Crippen molar-refractivity contribution in [3.63, 3.8) is 0 Å². The lowest BCUT2D eigenvalue weighted by Crippen LogP contribution is -2.38. The van der Waals surface area contributed by atoms with E-state index >= 15 is 0 Å². The fourth-order valence-electron chi connectivity index (χ4n) is 1.68. The highest BCUT2D eigenvalue weighted by molar-refractivity contribution is 8.00. The second kappa shape index (κ2) is 11.0. The molecule has 0 aliphatic carbocycles. The summed E-state index contributed by atoms with van der Waals surface area (Å²) in [5.41, 5.74) is 5.70. The number of thioether (sulfide) groups is 1. The first-order chi connectivity index (χ1) is 9.42. The van der Waals surface area contributed by atoms with Crippen molar-refractivity contribution in [2.75, 3.05) is 12.4 Å². The number of ether oxygens (including phenoxy) is 1. The molecule has 0 saturated carbocycles. The van der Waals surface area contributed by atoms with E-state index in [1.54, 1.807) is 6.92 Å². The number of carbonyl (C=O) groups excluding carboxylic acids is 2. The molecule has 0 aliphatic heterocycles. The van der Waals surface area contributed by atoms with Gasteiger partial charge >= 0.3 is 5.97 Å². The number of amides is 1. The van der Waals surface area contributed by atoms with Crippen LogP contribution in [-0.4, -0.2) is 41.6 Å². The summed E-state index contributed by atoms with van der Waals surface area (Å²) in [6.45, 7) is 8.07. The van der Waals surface area contributed by atoms with E-state index in [2.05, 4.69) is 12.2 Å². The lowest BCUT2D eigenvalue weighted by Gasteiger charge is -2.17. The molecule has 0 bridgehead atoms. The van der Waals surface area contributed by atoms with E-state index in [-0.39, 0.29) is 23.2 Å². The second-order valence-corrected chi connectivity index (χ2v) is 6.31. The summed E-state index contributed by atoms with van der Waals surface area (Å²) in [4.78, 5) is 23.2. The Hall–Kier alpha value is -0.750. The maximum atomic E-state index is 11.9. The SMILES string of the molecule is CCCC(C)NC(=O)C(C)SCCC(N)C(=O)OCC. The number of nitrogens with two attached hydrogens (primary N) is 1. The van der Waals surface area contributed by atoms with E-state index in [1.807, 2.05) is 13.8 Å². The highest BCUT2D eigenvalue weighted by atomic mass is 32.2. The van der Waals surface area contributed by atoms with E-state index in [1.165, 1.54) is 11.8 Å². The standard InChI is InChI=1S/C14H28N2O3S/c1-5-7-10(3)16-13(17)11(4)20-9-8-12(15)14(18)19-6-2/h10-12H,5-9,15H2,1-4H3,(H,16,17). The van der Waals surface area contributed by atoms with E-state index < -0.39 is 6.04 Å². The Morgan fingerprint density at radius 1 is 1.25 bits per heavy atom. The topological polar surface area (TPSA) is 81.4 Å². The largest absolute Gasteiger partial charge is 0.465 e. The molecule has 0 spiro atoms. The molecule has 5 nitrogen and oxygen atoms in total. The molecule has 118 valence electrons. The third kappa shape index (κ3) is 8.43. The Balaban J connectivity index is 3.89. The fourth-order valence-corrected chi connectivity index (χ4v) is 2.64. The molecular weight excluding hydrogens is 276 g/mol. The van der Waals surface area contributed by atoms with Gasteiger partial charge in [-0.05, 0) is 39.4 Å². The highest BCUT2D eigenvalue weighted by Crippen LogP contribution is 2.13. The Bertz CT molecular complexity index is 300. The van der Waals surface area contributed by atoms with Gasteiger partial charge in [0.25, 0.3) is 0 Å². The Labute approximate surface area is 126 Å². The predicted octanol–water partition coefficient (Wildman–Crippen LogP) is 1.69. The Kier molecular flexibility index (Phi) is 10.6. The third-order valence-corrected chi connectivity index (χ3v) is 4.05. The molecule has 3 N–H and O–H groups in total. The van der Waals surface area contributed by atoms with Crippen LogP contribution < -0.4 is 11.1 Å². The normalized spacial score (nSPS) is 15.2. The number of hydrogen-bond acceptors (Lipinski definition) is 5. The quantitative estimate of drug-likeness (QED) is 0.600. The summed E-state index contributed by atoms with van der Waals surface area (Å²) in [7, 11) is 0. The highest BCUT2D eigenvalue weighted by Gasteiger charge is 2.18. The molecule has 6 heteroatoms. The summed E-state index contributed by atoms with van der Waals surface area (Å²) in [6, 6.07) is -0.394. The number of rotatable bonds is 10. The molecule has 3 unspecified atom stereocenters. The van der Waals surface area contributed by atoms with Crippen molar-refractivity contribution in [2.24, 2.45) is 5.73 Å². The van der Waals surface area contributed by atoms with Gasteiger partial charge in [0, 0.05) is 6.04 Å². The van der Waals surface area contributed by atoms with Gasteiger partial charge in [-0.25, -0.2) is 0 Å². The van der Waals surface area contributed by atoms with Crippen LogP contribution in [0.2, 0.25) is 0 Å². The molecule has 0 aromatic carbocycles. The summed E-state index contributed by atoms with van der Waals surface area (Å²) in [5.74, 6) is 0.332. The van der Waals surface area contributed by atoms with Crippen molar-refractivity contribution in [3.8, 4) is 0 Å². The fraction of sp³-hybridized carbons (Fsp3) is 0.857. The molecule has 1 amide bonds. The van der Waals surface area contributed by atoms with Crippen LogP contribution in [0.15, 0.2) is 0 Å². The van der Waals surface area contributed by atoms with Gasteiger partial charge in [-0.1, -0.05) is 13.3 Å². The van der Waals surface area contributed by atoms with Gasteiger partial charge in [0.05, 0.1) is 11.9 Å². The van der Waals surface area contributed by atoms with Crippen molar-refractivity contribution in [1.29, 1.82) is 0 Å². The molecule has 0 heterocycles. The van der Waals surface area contributed by atoms with E-state index in [0.717, 1.165) is 12.8 Å². The second-order valence-electron chi connectivity index (χ2n) is 4.86. The number of esters is 1. The average Bonchev–Trinajstić information content (AvgIpc) is 2.38. The molecule has 3 atom stereocenters. The molecule has 0 aromatic heterocycles. The monoisotopic (exact) mass is 304 g/mol. The lowest BCUT2D eigenvalue weighted by atomic mass is 10.2. The van der Waals surface area contributed by atoms with Crippen LogP contribution >= 0.6 is 11.8 Å². The van der Waals surface area contributed by atoms with Gasteiger partial charge in [-0.3, -0.25) is 9.59 Å². The smallest absolute Gasteiger partial charge is 0.322 e. The van der Waals surface area contributed by atoms with Crippen LogP contribution in [0.3, 0.4) is 0 Å². The van der Waals surface area contributed by atoms with Gasteiger partial charge in [0.2, 0.25) is 5.91 Å². The van der Waals surface area contributed by atoms with Crippen LogP contribution in [-0.2, 0) is 14.3 Å². The summed E-state index contributed by atoms with van der Waals surface area (Å²) in [5, 5.41) is 2.84. The van der Waals surface area contributed by atoms with Gasteiger partial charge in [-0.2, -0.15) is 0 Å². The lowest BCUT2D eigenvalue weighted by molar-refractivity contribution is -0.144. The van der Waals surface area contributed by atoms with Crippen LogP contribution in [0.5, 0.6) is 0 Å². The number of nitrogens with one attached hydrogen (secondary N) is 1. The van der Waals surface area contributed by atoms with Crippen molar-refractivity contribution in [3.05, 3.63) is 0 Å². The first-order valence-electron chi connectivity index (χ1n) is 7.26. The van der Waals surface area contributed by atoms with Crippen LogP contribution in [0.1, 0.15) is 47.0 Å². The molecule has 0 aliphatic rings. The van der Waals surface area contributed by atoms with Crippen molar-refractivity contribution >= 4 is 23.6 Å². The minimum Gasteiger partial charge on any atom is -0.465 e. The number of carbonyl (C=O) groups is 2. The molecule has 0 fully saturated rings. The van der Waals surface area contributed by atoms with Crippen molar-refractivity contribution in [1.82, 2.24) is 5.32 Å². The molecule has 0 rings (SSSR count). The summed E-state index contributed by atoms with van der Waals surface area (Å²) >= 11 is 1.51. The van der Waals surface area contributed by atoms with Crippen LogP contribution in [0, 0.1) is 0 Å². The van der Waals surface area contributed by atoms with E-state index in [4.69, 9.17) is 10.5 Å². The molecule has 20 heavy (non-hydrogen) atoms. The van der Waals surface area contributed by atoms with Gasteiger partial charge in [0.1, 0.15) is 6.04 Å². The predicted molar refractivity (Wildman–Crippen MR) is 83.7 cm³/mol. The zero-order valence-corrected chi connectivity index (χ0v) is 13.8. The zero-order valence-electron chi connectivity index (χ0n) is 13.0. The van der Waals surface area contributed by atoms with Crippen molar-refractivity contribution in [2.45, 2.75) is 64.3 Å². The van der Waals surface area contributed by atoms with Crippen LogP contribution in [0.4, 0.5) is 0 Å². The minimum absolute atomic E-state index is 0.0423. The van der Waals surface area contributed by atoms with Crippen LogP contribution in [0.25, 0.3) is 0 Å². The summed E-state index contributed by atoms with van der Waals surface area (Å²) < 4.78 is 4.84. The first-order valence-corrected chi connectivity index (χ1v) is 8.31. The molecule has 0 radical (unpaired) electrons. The number of hydrogen-bond donors (Lipinski definition) is 2. The van der Waals surface area contributed by atoms with E-state index in [9.17, 15) is 9.59 Å². The summed E-state index contributed by atoms with van der Waals surface area (Å²) in [6.07, 6.45) is 2.56. The average molecular weight is 304 g/mol. The molecule has 0 saturated heterocycles. The Morgan fingerprint density at radius 3 is 2.45 bits per heavy atom. The maximum Gasteiger partial charge on any atom is 0.322 e. The maximum absolute atomic E-state index is 11.9. The van der Waals surface area contributed by atoms with Crippen molar-refractivity contribution < 1.29 is 14.3 Å². The first kappa shape index (κ1) is 19.2. The molecule has 0 aromatic rings. The molecular formula is C14H28N2O3S. The van der Waals surface area contributed by atoms with E-state index in [0.29, 0.717) is 18.8 Å². The van der Waals surface area contributed by atoms with Gasteiger partial charge in [0.15, 0.2) is 0 Å². The van der Waals surface area contributed by atoms with Gasteiger partial charge < -0.3 is 15.8 Å². The Morgan fingerprint density at radius 2 is 1.90 bits per heavy atom. The third-order valence-electron chi connectivity index (χ3n) is 2.87. The zero-order chi connectivity index (χ0) is 15.5. The minimum atomic E-state index is -0.600. The van der Waals surface area contributed by atoms with Gasteiger partial charge in [-0.15, -0.1) is 11.8 Å².